The number of nitrogens with zero attached hydrogens (tertiary/aromatic N) is 1. The van der Waals surface area contributed by atoms with Crippen molar-refractivity contribution in [1.29, 1.82) is 0 Å². The maximum Gasteiger partial charge on any atom is 0.236 e. The fraction of sp³-hybridized carbons (Fsp3) is 0. The first-order valence-electron chi connectivity index (χ1n) is 2.08. The lowest BCUT2D eigenvalue weighted by molar-refractivity contribution is 0.588. The molecular weight excluding hydrogens is 107 g/mol. The van der Waals surface area contributed by atoms with Gasteiger partial charge >= 0.3 is 0 Å². The highest BCUT2D eigenvalue weighted by Gasteiger charge is 1.92. The van der Waals surface area contributed by atoms with Crippen molar-refractivity contribution in [2.24, 2.45) is 0 Å². The van der Waals surface area contributed by atoms with Gasteiger partial charge in [-0.3, -0.25) is 0 Å². The van der Waals surface area contributed by atoms with E-state index in [1.165, 1.54) is 12.3 Å². The Labute approximate surface area is 46.2 Å². The molecule has 1 radical (unpaired) electrons. The van der Waals surface area contributed by atoms with Crippen LogP contribution in [-0.2, 0) is 0 Å². The number of pyridine rings is 1. The van der Waals surface area contributed by atoms with E-state index in [-0.39, 0.29) is 5.69 Å². The molecule has 1 rings (SSSR count). The second-order valence-electron chi connectivity index (χ2n) is 1.29. The second-order valence-corrected chi connectivity index (χ2v) is 1.29. The molecule has 1 aromatic heterocycles. The van der Waals surface area contributed by atoms with Gasteiger partial charge in [0.1, 0.15) is 0 Å². The summed E-state index contributed by atoms with van der Waals surface area (Å²) in [4.78, 5) is 3.26. The van der Waals surface area contributed by atoms with E-state index in [1.807, 2.05) is 0 Å². The summed E-state index contributed by atoms with van der Waals surface area (Å²) >= 11 is 0. The highest BCUT2D eigenvalue weighted by Crippen LogP contribution is 2.00. The summed E-state index contributed by atoms with van der Waals surface area (Å²) in [5.74, 6) is -0.660. The maximum absolute atomic E-state index is 12.1. The average Bonchev–Trinajstić information content (AvgIpc) is 1.77. The quantitative estimate of drug-likeness (QED) is 0.498. The maximum atomic E-state index is 12.1. The number of rotatable bonds is 0. The predicted octanol–water partition coefficient (Wildman–Crippen LogP) is 0.603. The van der Waals surface area contributed by atoms with Crippen molar-refractivity contribution < 1.29 is 4.39 Å². The van der Waals surface area contributed by atoms with Crippen molar-refractivity contribution in [3.63, 3.8) is 0 Å². The largest absolute Gasteiger partial charge is 0.395 e. The van der Waals surface area contributed by atoms with Gasteiger partial charge in [0.15, 0.2) is 0 Å². The molecule has 41 valence electrons. The number of hydrogen-bond acceptors (Lipinski definition) is 2. The van der Waals surface area contributed by atoms with Crippen molar-refractivity contribution >= 4 is 5.69 Å². The number of aromatic nitrogens is 1. The third-order valence-corrected chi connectivity index (χ3v) is 0.724. The standard InChI is InChI=1S/C5H4FN2/c6-5-4(7)2-1-3-8-5/h1,3H,7H2. The van der Waals surface area contributed by atoms with Crippen molar-refractivity contribution in [3.05, 3.63) is 24.3 Å². The molecular formula is C5H4FN2. The lowest BCUT2D eigenvalue weighted by Crippen LogP contribution is -1.91. The molecule has 0 spiro atoms. The Kier molecular flexibility index (Phi) is 1.12. The van der Waals surface area contributed by atoms with Crippen LogP contribution < -0.4 is 5.73 Å². The van der Waals surface area contributed by atoms with Gasteiger partial charge in [0.25, 0.3) is 0 Å². The average molecular weight is 111 g/mol. The summed E-state index contributed by atoms with van der Waals surface area (Å²) in [6, 6.07) is 3.90. The van der Waals surface area contributed by atoms with E-state index in [1.54, 1.807) is 0 Å². The number of halogens is 1. The van der Waals surface area contributed by atoms with Gasteiger partial charge < -0.3 is 5.73 Å². The van der Waals surface area contributed by atoms with E-state index in [2.05, 4.69) is 11.1 Å². The zero-order valence-electron chi connectivity index (χ0n) is 4.06. The third kappa shape index (κ3) is 0.753. The van der Waals surface area contributed by atoms with E-state index >= 15 is 0 Å². The zero-order valence-corrected chi connectivity index (χ0v) is 4.06. The van der Waals surface area contributed by atoms with Gasteiger partial charge in [0.2, 0.25) is 5.95 Å². The Morgan fingerprint density at radius 3 is 2.88 bits per heavy atom. The molecule has 0 saturated heterocycles. The van der Waals surface area contributed by atoms with Gasteiger partial charge in [-0.2, -0.15) is 4.39 Å². The molecule has 0 aromatic carbocycles. The van der Waals surface area contributed by atoms with Gasteiger partial charge in [-0.05, 0) is 6.07 Å². The van der Waals surface area contributed by atoms with Crippen LogP contribution in [0.4, 0.5) is 10.1 Å². The molecule has 8 heavy (non-hydrogen) atoms. The molecule has 2 nitrogen and oxygen atoms in total. The molecule has 0 aliphatic rings. The summed E-state index contributed by atoms with van der Waals surface area (Å²) in [6.45, 7) is 0. The fourth-order valence-corrected chi connectivity index (χ4v) is 0.359. The molecule has 0 bridgehead atoms. The summed E-state index contributed by atoms with van der Waals surface area (Å²) in [6.07, 6.45) is 1.30. The third-order valence-electron chi connectivity index (χ3n) is 0.724. The molecule has 0 fully saturated rings. The van der Waals surface area contributed by atoms with Gasteiger partial charge in [-0.15, -0.1) is 0 Å². The van der Waals surface area contributed by atoms with Crippen LogP contribution in [0.2, 0.25) is 0 Å². The zero-order chi connectivity index (χ0) is 5.98. The summed E-state index contributed by atoms with van der Waals surface area (Å²) in [5, 5.41) is 0. The summed E-state index contributed by atoms with van der Waals surface area (Å²) in [7, 11) is 0. The second kappa shape index (κ2) is 1.78. The van der Waals surface area contributed by atoms with E-state index in [9.17, 15) is 4.39 Å². The van der Waals surface area contributed by atoms with Crippen LogP contribution in [0, 0.1) is 12.0 Å². The Morgan fingerprint density at radius 1 is 1.75 bits per heavy atom. The van der Waals surface area contributed by atoms with Crippen LogP contribution in [0.15, 0.2) is 12.3 Å². The van der Waals surface area contributed by atoms with Crippen LogP contribution in [0.3, 0.4) is 0 Å². The molecule has 1 heterocycles. The minimum Gasteiger partial charge on any atom is -0.395 e. The monoisotopic (exact) mass is 111 g/mol. The molecule has 0 amide bonds. The van der Waals surface area contributed by atoms with Crippen molar-refractivity contribution in [1.82, 2.24) is 4.98 Å². The van der Waals surface area contributed by atoms with Crippen molar-refractivity contribution in [3.8, 4) is 0 Å². The Bertz CT molecular complexity index is 167. The Balaban J connectivity index is 3.13. The van der Waals surface area contributed by atoms with E-state index < -0.39 is 5.95 Å². The van der Waals surface area contributed by atoms with Crippen LogP contribution >= 0.6 is 0 Å². The Hall–Kier alpha value is -1.12. The van der Waals surface area contributed by atoms with E-state index in [4.69, 9.17) is 5.73 Å². The SMILES string of the molecule is Nc1[c]ccnc1F. The molecule has 0 aliphatic carbocycles. The summed E-state index contributed by atoms with van der Waals surface area (Å²) < 4.78 is 12.1. The highest BCUT2D eigenvalue weighted by atomic mass is 19.1. The first-order chi connectivity index (χ1) is 3.80. The lowest BCUT2D eigenvalue weighted by Gasteiger charge is -1.87. The van der Waals surface area contributed by atoms with Gasteiger partial charge in [0.05, 0.1) is 5.69 Å². The van der Waals surface area contributed by atoms with Gasteiger partial charge in [-0.25, -0.2) is 4.98 Å². The van der Waals surface area contributed by atoms with Gasteiger partial charge in [-0.1, -0.05) is 0 Å². The minimum absolute atomic E-state index is 0.0347. The van der Waals surface area contributed by atoms with Crippen LogP contribution in [0.1, 0.15) is 0 Å². The minimum atomic E-state index is -0.660. The number of hydrogen-bond donors (Lipinski definition) is 1. The molecule has 0 aliphatic heterocycles. The van der Waals surface area contributed by atoms with Crippen LogP contribution in [0.25, 0.3) is 0 Å². The van der Waals surface area contributed by atoms with Crippen LogP contribution in [-0.4, -0.2) is 4.98 Å². The van der Waals surface area contributed by atoms with Crippen molar-refractivity contribution in [2.45, 2.75) is 0 Å². The highest BCUT2D eigenvalue weighted by molar-refractivity contribution is 5.32. The lowest BCUT2D eigenvalue weighted by atomic mass is 10.4. The van der Waals surface area contributed by atoms with E-state index in [0.717, 1.165) is 0 Å². The topological polar surface area (TPSA) is 38.9 Å². The first kappa shape index (κ1) is 5.03. The number of anilines is 1. The fourth-order valence-electron chi connectivity index (χ4n) is 0.359. The molecule has 1 aromatic rings. The molecule has 0 atom stereocenters. The number of nitrogens with two attached hydrogens (primary N) is 1. The van der Waals surface area contributed by atoms with Gasteiger partial charge in [0, 0.05) is 12.3 Å². The Morgan fingerprint density at radius 2 is 2.50 bits per heavy atom. The molecule has 0 saturated carbocycles. The molecule has 2 N–H and O–H groups in total. The van der Waals surface area contributed by atoms with Crippen LogP contribution in [0.5, 0.6) is 0 Å². The predicted molar refractivity (Wildman–Crippen MR) is 27.4 cm³/mol. The smallest absolute Gasteiger partial charge is 0.236 e. The normalized spacial score (nSPS) is 9.12. The summed E-state index contributed by atoms with van der Waals surface area (Å²) in [5.41, 5.74) is 4.99. The molecule has 3 heteroatoms. The van der Waals surface area contributed by atoms with E-state index in [0.29, 0.717) is 0 Å². The molecule has 0 unspecified atom stereocenters. The van der Waals surface area contributed by atoms with Crippen molar-refractivity contribution in [2.75, 3.05) is 5.73 Å². The number of nitrogen functional groups attached to an aromatic ring is 1. The first-order valence-corrected chi connectivity index (χ1v) is 2.08.